The van der Waals surface area contributed by atoms with Crippen molar-refractivity contribution in [2.45, 2.75) is 18.4 Å². The van der Waals surface area contributed by atoms with Crippen molar-refractivity contribution in [1.82, 2.24) is 39.7 Å². The van der Waals surface area contributed by atoms with E-state index in [0.717, 1.165) is 34.0 Å². The van der Waals surface area contributed by atoms with Gasteiger partial charge in [0, 0.05) is 81.9 Å². The summed E-state index contributed by atoms with van der Waals surface area (Å²) in [7, 11) is 5.02. The summed E-state index contributed by atoms with van der Waals surface area (Å²) < 4.78 is 18.1. The summed E-state index contributed by atoms with van der Waals surface area (Å²) >= 11 is 0. The number of aromatic nitrogens is 6. The van der Waals surface area contributed by atoms with Gasteiger partial charge in [-0.1, -0.05) is 30.3 Å². The van der Waals surface area contributed by atoms with Crippen LogP contribution in [-0.4, -0.2) is 117 Å². The van der Waals surface area contributed by atoms with Crippen LogP contribution in [0.25, 0.3) is 39.1 Å². The molecule has 3 aromatic heterocycles. The van der Waals surface area contributed by atoms with Crippen molar-refractivity contribution in [2.75, 3.05) is 65.5 Å². The largest absolute Gasteiger partial charge is 0.475 e. The van der Waals surface area contributed by atoms with Crippen molar-refractivity contribution < 1.29 is 23.8 Å². The monoisotopic (exact) mass is 691 g/mol. The topological polar surface area (TPSA) is 153 Å². The highest BCUT2D eigenvalue weighted by molar-refractivity contribution is 6.01. The first-order chi connectivity index (χ1) is 24.8. The molecule has 0 bridgehead atoms. The lowest BCUT2D eigenvalue weighted by Gasteiger charge is -2.30. The number of nitrogens with one attached hydrogen (secondary N) is 2. The van der Waals surface area contributed by atoms with Gasteiger partial charge < -0.3 is 24.4 Å². The molecular formula is C37H41N9O5. The highest BCUT2D eigenvalue weighted by Gasteiger charge is 2.45. The lowest BCUT2D eigenvalue weighted by molar-refractivity contribution is -0.138. The van der Waals surface area contributed by atoms with Crippen molar-refractivity contribution in [3.63, 3.8) is 0 Å². The Hall–Kier alpha value is -5.44. The van der Waals surface area contributed by atoms with Gasteiger partial charge in [0.1, 0.15) is 18.6 Å². The third-order valence-corrected chi connectivity index (χ3v) is 9.52. The third-order valence-electron chi connectivity index (χ3n) is 9.52. The van der Waals surface area contributed by atoms with Crippen LogP contribution >= 0.6 is 0 Å². The number of hydrogen-bond donors (Lipinski definition) is 2. The van der Waals surface area contributed by atoms with Crippen LogP contribution in [0, 0.1) is 0 Å². The van der Waals surface area contributed by atoms with Crippen molar-refractivity contribution in [3.8, 4) is 28.5 Å². The minimum Gasteiger partial charge on any atom is -0.475 e. The first kappa shape index (κ1) is 34.0. The summed E-state index contributed by atoms with van der Waals surface area (Å²) in [6.45, 7) is 3.18. The van der Waals surface area contributed by atoms with Crippen LogP contribution in [0.3, 0.4) is 0 Å². The zero-order valence-electron chi connectivity index (χ0n) is 29.0. The van der Waals surface area contributed by atoms with Gasteiger partial charge in [-0.2, -0.15) is 10.2 Å². The number of H-pyrrole nitrogens is 1. The highest BCUT2D eigenvalue weighted by Crippen LogP contribution is 2.31. The van der Waals surface area contributed by atoms with Crippen LogP contribution in [0.5, 0.6) is 5.88 Å². The van der Waals surface area contributed by atoms with E-state index in [1.807, 2.05) is 53.2 Å². The van der Waals surface area contributed by atoms with Gasteiger partial charge in [-0.25, -0.2) is 9.97 Å². The van der Waals surface area contributed by atoms with Gasteiger partial charge in [0.05, 0.1) is 18.7 Å². The first-order valence-corrected chi connectivity index (χ1v) is 16.9. The van der Waals surface area contributed by atoms with E-state index in [1.54, 1.807) is 37.5 Å². The van der Waals surface area contributed by atoms with Crippen molar-refractivity contribution >= 4 is 34.0 Å². The molecule has 2 aromatic carbocycles. The number of fused-ring (bicyclic) bond motifs is 1. The lowest BCUT2D eigenvalue weighted by Crippen LogP contribution is -2.48. The number of benzene rings is 2. The molecule has 0 spiro atoms. The second-order valence-electron chi connectivity index (χ2n) is 12.8. The van der Waals surface area contributed by atoms with E-state index in [1.165, 1.54) is 5.57 Å². The Morgan fingerprint density at radius 1 is 0.980 bits per heavy atom. The number of aryl methyl sites for hydroxylation is 1. The van der Waals surface area contributed by atoms with E-state index in [9.17, 15) is 9.59 Å². The molecule has 5 heterocycles. The molecule has 1 fully saturated rings. The molecule has 2 aliphatic heterocycles. The molecular weight excluding hydrogens is 650 g/mol. The highest BCUT2D eigenvalue weighted by atomic mass is 16.5. The number of methoxy groups -OCH3 is 2. The molecule has 2 N–H and O–H groups in total. The van der Waals surface area contributed by atoms with Gasteiger partial charge in [0.2, 0.25) is 11.8 Å². The maximum Gasteiger partial charge on any atom is 0.258 e. The van der Waals surface area contributed by atoms with Gasteiger partial charge >= 0.3 is 0 Å². The summed E-state index contributed by atoms with van der Waals surface area (Å²) in [4.78, 5) is 39.7. The van der Waals surface area contributed by atoms with E-state index in [2.05, 4.69) is 48.8 Å². The predicted octanol–water partition coefficient (Wildman–Crippen LogP) is 3.79. The summed E-state index contributed by atoms with van der Waals surface area (Å²) in [6, 6.07) is 17.5. The Balaban J connectivity index is 0.946. The average Bonchev–Trinajstić information content (AvgIpc) is 3.91. The third kappa shape index (κ3) is 7.38. The minimum absolute atomic E-state index is 0.0381. The SMILES string of the molecule is COCCOc1ccc(-c2n[nH]c3ccc(NC(=O)C4(OC)CCN(CC(=O)N5CC=C(c6ccc(-c7ncn(C)n7)cc6)CC5)C4)cc23)cn1. The fraction of sp³-hybridized carbons (Fsp3) is 0.351. The van der Waals surface area contributed by atoms with Crippen LogP contribution < -0.4 is 10.1 Å². The van der Waals surface area contributed by atoms with Crippen molar-refractivity contribution in [1.29, 1.82) is 0 Å². The Morgan fingerprint density at radius 2 is 1.80 bits per heavy atom. The van der Waals surface area contributed by atoms with Gasteiger partial charge in [-0.15, -0.1) is 0 Å². The Kier molecular flexibility index (Phi) is 9.88. The number of pyridine rings is 1. The fourth-order valence-electron chi connectivity index (χ4n) is 6.58. The maximum atomic E-state index is 13.7. The Morgan fingerprint density at radius 3 is 2.51 bits per heavy atom. The summed E-state index contributed by atoms with van der Waals surface area (Å²) in [5.41, 5.74) is 5.20. The molecule has 0 aliphatic carbocycles. The molecule has 2 amide bonds. The zero-order chi connectivity index (χ0) is 35.4. The maximum absolute atomic E-state index is 13.7. The van der Waals surface area contributed by atoms with Gasteiger partial charge in [-0.3, -0.25) is 24.3 Å². The number of carbonyl (C=O) groups excluding carboxylic acids is 2. The molecule has 264 valence electrons. The Bertz CT molecular complexity index is 2040. The van der Waals surface area contributed by atoms with Crippen LogP contribution in [0.2, 0.25) is 0 Å². The molecule has 0 saturated carbocycles. The zero-order valence-corrected chi connectivity index (χ0v) is 29.0. The van der Waals surface area contributed by atoms with E-state index in [0.29, 0.717) is 68.9 Å². The van der Waals surface area contributed by atoms with Crippen molar-refractivity contribution in [2.24, 2.45) is 7.05 Å². The number of carbonyl (C=O) groups is 2. The number of likely N-dealkylation sites (tertiary alicyclic amines) is 1. The molecule has 14 heteroatoms. The number of rotatable bonds is 12. The predicted molar refractivity (Wildman–Crippen MR) is 192 cm³/mol. The second kappa shape index (κ2) is 14.8. The standard InChI is InChI=1S/C37H41N9O5/c1-44-24-39-35(43-44)27-6-4-25(5-7-27)26-12-15-46(16-13-26)33(47)22-45-17-14-37(23-45,50-3)36(48)40-29-9-10-31-30(20-29)34(42-41-31)28-8-11-32(38-21-28)51-19-18-49-2/h4-12,20-21,24H,13-19,22-23H2,1-3H3,(H,40,48)(H,41,42). The van der Waals surface area contributed by atoms with Gasteiger partial charge in [-0.05, 0) is 48.2 Å². The van der Waals surface area contributed by atoms with Gasteiger partial charge in [0.15, 0.2) is 11.4 Å². The molecule has 2 aliphatic rings. The normalized spacial score (nSPS) is 17.9. The molecule has 7 rings (SSSR count). The van der Waals surface area contributed by atoms with E-state index in [4.69, 9.17) is 14.2 Å². The Labute approximate surface area is 295 Å². The molecule has 51 heavy (non-hydrogen) atoms. The summed E-state index contributed by atoms with van der Waals surface area (Å²) in [6.07, 6.45) is 6.76. The van der Waals surface area contributed by atoms with Crippen LogP contribution in [0.4, 0.5) is 5.69 Å². The van der Waals surface area contributed by atoms with E-state index < -0.39 is 5.60 Å². The van der Waals surface area contributed by atoms with Gasteiger partial charge in [0.25, 0.3) is 5.91 Å². The first-order valence-electron chi connectivity index (χ1n) is 16.9. The number of hydrogen-bond acceptors (Lipinski definition) is 10. The number of anilines is 1. The number of aromatic amines is 1. The van der Waals surface area contributed by atoms with E-state index >= 15 is 0 Å². The molecule has 1 atom stereocenters. The van der Waals surface area contributed by atoms with E-state index in [-0.39, 0.29) is 18.4 Å². The quantitative estimate of drug-likeness (QED) is 0.185. The number of nitrogens with zero attached hydrogens (tertiary/aromatic N) is 7. The fourth-order valence-corrected chi connectivity index (χ4v) is 6.58. The van der Waals surface area contributed by atoms with Crippen LogP contribution in [0.15, 0.2) is 73.2 Å². The molecule has 0 radical (unpaired) electrons. The van der Waals surface area contributed by atoms with Crippen LogP contribution in [0.1, 0.15) is 18.4 Å². The molecule has 5 aromatic rings. The smallest absolute Gasteiger partial charge is 0.258 e. The molecule has 1 saturated heterocycles. The minimum atomic E-state index is -1.08. The lowest BCUT2D eigenvalue weighted by atomic mass is 9.98. The average molecular weight is 692 g/mol. The molecule has 14 nitrogen and oxygen atoms in total. The van der Waals surface area contributed by atoms with Crippen molar-refractivity contribution in [3.05, 3.63) is 78.8 Å². The number of amides is 2. The number of ether oxygens (including phenoxy) is 3. The summed E-state index contributed by atoms with van der Waals surface area (Å²) in [5.74, 6) is 0.983. The van der Waals surface area contributed by atoms with Crippen LogP contribution in [-0.2, 0) is 26.1 Å². The molecule has 1 unspecified atom stereocenters. The second-order valence-corrected chi connectivity index (χ2v) is 12.8. The summed E-state index contributed by atoms with van der Waals surface area (Å²) in [5, 5.41) is 15.8.